The van der Waals surface area contributed by atoms with Gasteiger partial charge in [0.1, 0.15) is 18.5 Å². The number of hydrogen-bond donors (Lipinski definition) is 3. The molecule has 2 aromatic rings. The predicted molar refractivity (Wildman–Crippen MR) is 121 cm³/mol. The van der Waals surface area contributed by atoms with Gasteiger partial charge < -0.3 is 21.1 Å². The number of anilines is 2. The van der Waals surface area contributed by atoms with Gasteiger partial charge in [-0.2, -0.15) is 0 Å². The number of aliphatic imine (C=N–C) groups is 2. The predicted octanol–water partition coefficient (Wildman–Crippen LogP) is 1.89. The van der Waals surface area contributed by atoms with Crippen molar-refractivity contribution in [1.29, 1.82) is 5.41 Å². The number of nitrogens with zero attached hydrogens (tertiary/aromatic N) is 6. The standard InChI is InChI=1S/C20H27N9O.H2/c1-13(2)30-19-7-15(16(22)9-25-19)20(23)17-8-18(28-12-27-17)29-5-3-14(4-6-29)26-11-24-10-21;/h7-14,23H,3-6,22H2,1-2H3,(H2,21,24,26);1H. The summed E-state index contributed by atoms with van der Waals surface area (Å²) < 4.78 is 5.63. The summed E-state index contributed by atoms with van der Waals surface area (Å²) in [6, 6.07) is 3.71. The van der Waals surface area contributed by atoms with Crippen molar-refractivity contribution in [3.63, 3.8) is 0 Å². The molecule has 1 aliphatic rings. The largest absolute Gasteiger partial charge is 0.475 e. The molecule has 0 unspecified atom stereocenters. The van der Waals surface area contributed by atoms with Crippen molar-refractivity contribution < 1.29 is 6.16 Å². The molecular weight excluding hydrogens is 382 g/mol. The third-order valence-electron chi connectivity index (χ3n) is 4.66. The molecule has 10 heteroatoms. The SMILES string of the molecule is CC(C)Oc1cc(C(=N)c2cc(N3CCC(N=CN=CN)CC3)ncn2)c(N)cn1.[HH]. The van der Waals surface area contributed by atoms with E-state index in [4.69, 9.17) is 21.6 Å². The summed E-state index contributed by atoms with van der Waals surface area (Å²) in [5.41, 5.74) is 12.9. The van der Waals surface area contributed by atoms with Crippen molar-refractivity contribution in [3.05, 3.63) is 35.9 Å². The van der Waals surface area contributed by atoms with Gasteiger partial charge in [-0.25, -0.2) is 19.9 Å². The summed E-state index contributed by atoms with van der Waals surface area (Å²) in [5, 5.41) is 8.61. The monoisotopic (exact) mass is 411 g/mol. The van der Waals surface area contributed by atoms with Crippen molar-refractivity contribution in [2.24, 2.45) is 15.7 Å². The summed E-state index contributed by atoms with van der Waals surface area (Å²) in [5.74, 6) is 1.20. The molecule has 10 nitrogen and oxygen atoms in total. The Hall–Kier alpha value is -3.56. The lowest BCUT2D eigenvalue weighted by atomic mass is 10.0. The minimum Gasteiger partial charge on any atom is -0.475 e. The first-order valence-corrected chi connectivity index (χ1v) is 9.81. The molecule has 2 aromatic heterocycles. The first kappa shape index (κ1) is 21.2. The molecule has 160 valence electrons. The van der Waals surface area contributed by atoms with E-state index in [1.165, 1.54) is 25.2 Å². The van der Waals surface area contributed by atoms with E-state index in [1.807, 2.05) is 19.9 Å². The Morgan fingerprint density at radius 2 is 2.07 bits per heavy atom. The lowest BCUT2D eigenvalue weighted by molar-refractivity contribution is 0.232. The zero-order valence-electron chi connectivity index (χ0n) is 17.2. The van der Waals surface area contributed by atoms with Gasteiger partial charge in [-0.1, -0.05) is 0 Å². The molecule has 0 aromatic carbocycles. The Balaban J connectivity index is 0.00000341. The molecule has 30 heavy (non-hydrogen) atoms. The van der Waals surface area contributed by atoms with E-state index >= 15 is 0 Å². The van der Waals surface area contributed by atoms with Crippen molar-refractivity contribution in [1.82, 2.24) is 15.0 Å². The van der Waals surface area contributed by atoms with Crippen LogP contribution in [-0.2, 0) is 0 Å². The summed E-state index contributed by atoms with van der Waals surface area (Å²) >= 11 is 0. The number of aromatic nitrogens is 3. The zero-order chi connectivity index (χ0) is 21.5. The highest BCUT2D eigenvalue weighted by atomic mass is 16.5. The fourth-order valence-corrected chi connectivity index (χ4v) is 3.18. The van der Waals surface area contributed by atoms with E-state index in [9.17, 15) is 0 Å². The maximum Gasteiger partial charge on any atom is 0.214 e. The zero-order valence-corrected chi connectivity index (χ0v) is 17.2. The Morgan fingerprint density at radius 3 is 2.77 bits per heavy atom. The van der Waals surface area contributed by atoms with Gasteiger partial charge in [0.05, 0.1) is 41.8 Å². The number of nitrogens with two attached hydrogens (primary N) is 2. The van der Waals surface area contributed by atoms with Crippen LogP contribution in [0.2, 0.25) is 0 Å². The number of ether oxygens (including phenoxy) is 1. The third kappa shape index (κ3) is 5.28. The topological polar surface area (TPSA) is 152 Å². The number of hydrogen-bond acceptors (Lipinski definition) is 8. The molecular formula is C20H29N9O. The summed E-state index contributed by atoms with van der Waals surface area (Å²) in [7, 11) is 0. The first-order chi connectivity index (χ1) is 14.5. The molecule has 0 bridgehead atoms. The van der Waals surface area contributed by atoms with Gasteiger partial charge in [0.2, 0.25) is 5.88 Å². The molecule has 3 heterocycles. The minimum atomic E-state index is -0.0248. The fourth-order valence-electron chi connectivity index (χ4n) is 3.18. The molecule has 0 radical (unpaired) electrons. The molecule has 0 saturated carbocycles. The Morgan fingerprint density at radius 1 is 1.30 bits per heavy atom. The summed E-state index contributed by atoms with van der Waals surface area (Å²) in [6.45, 7) is 5.45. The molecule has 1 saturated heterocycles. The molecule has 1 aliphatic heterocycles. The number of piperidine rings is 1. The van der Waals surface area contributed by atoms with Crippen LogP contribution in [-0.4, -0.2) is 58.6 Å². The first-order valence-electron chi connectivity index (χ1n) is 9.81. The molecule has 0 aliphatic carbocycles. The average molecular weight is 412 g/mol. The van der Waals surface area contributed by atoms with E-state index in [1.54, 1.807) is 6.07 Å². The van der Waals surface area contributed by atoms with Crippen LogP contribution in [0.25, 0.3) is 0 Å². The molecule has 0 amide bonds. The van der Waals surface area contributed by atoms with Gasteiger partial charge in [0, 0.05) is 32.2 Å². The van der Waals surface area contributed by atoms with Crippen LogP contribution < -0.4 is 21.1 Å². The quantitative estimate of drug-likeness (QED) is 0.464. The van der Waals surface area contributed by atoms with Gasteiger partial charge in [-0.3, -0.25) is 10.4 Å². The van der Waals surface area contributed by atoms with Crippen molar-refractivity contribution in [3.8, 4) is 5.88 Å². The second-order valence-corrected chi connectivity index (χ2v) is 7.19. The lowest BCUT2D eigenvalue weighted by Crippen LogP contribution is -2.36. The smallest absolute Gasteiger partial charge is 0.214 e. The number of rotatable bonds is 7. The normalized spacial score (nSPS) is 15.4. The Bertz CT molecular complexity index is 940. The third-order valence-corrected chi connectivity index (χ3v) is 4.66. The van der Waals surface area contributed by atoms with Crippen LogP contribution in [0.5, 0.6) is 5.88 Å². The second-order valence-electron chi connectivity index (χ2n) is 7.19. The van der Waals surface area contributed by atoms with E-state index in [2.05, 4.69) is 29.8 Å². The minimum absolute atomic E-state index is 0. The van der Waals surface area contributed by atoms with E-state index in [-0.39, 0.29) is 19.3 Å². The maximum atomic E-state index is 8.61. The Labute approximate surface area is 177 Å². The lowest BCUT2D eigenvalue weighted by Gasteiger charge is -2.31. The van der Waals surface area contributed by atoms with E-state index in [0.717, 1.165) is 31.7 Å². The van der Waals surface area contributed by atoms with Crippen LogP contribution in [0, 0.1) is 5.41 Å². The summed E-state index contributed by atoms with van der Waals surface area (Å²) in [6.07, 6.45) is 7.46. The molecule has 5 N–H and O–H groups in total. The average Bonchev–Trinajstić information content (AvgIpc) is 2.75. The molecule has 1 fully saturated rings. The van der Waals surface area contributed by atoms with Crippen LogP contribution >= 0.6 is 0 Å². The molecule has 0 spiro atoms. The number of nitrogens with one attached hydrogen (secondary N) is 1. The van der Waals surface area contributed by atoms with Gasteiger partial charge in [-0.05, 0) is 26.7 Å². The van der Waals surface area contributed by atoms with Crippen LogP contribution in [0.3, 0.4) is 0 Å². The highest BCUT2D eigenvalue weighted by molar-refractivity contribution is 6.13. The summed E-state index contributed by atoms with van der Waals surface area (Å²) in [4.78, 5) is 23.2. The van der Waals surface area contributed by atoms with Crippen LogP contribution in [0.15, 0.2) is 34.6 Å². The van der Waals surface area contributed by atoms with Crippen molar-refractivity contribution in [2.75, 3.05) is 23.7 Å². The van der Waals surface area contributed by atoms with Crippen LogP contribution in [0.1, 0.15) is 39.4 Å². The van der Waals surface area contributed by atoms with E-state index < -0.39 is 0 Å². The van der Waals surface area contributed by atoms with Crippen molar-refractivity contribution >= 4 is 29.9 Å². The number of nitrogen functional groups attached to an aromatic ring is 1. The van der Waals surface area contributed by atoms with Gasteiger partial charge in [-0.15, -0.1) is 0 Å². The Kier molecular flexibility index (Phi) is 6.89. The van der Waals surface area contributed by atoms with Gasteiger partial charge in [0.25, 0.3) is 0 Å². The highest BCUT2D eigenvalue weighted by Crippen LogP contribution is 2.23. The van der Waals surface area contributed by atoms with Gasteiger partial charge >= 0.3 is 0 Å². The van der Waals surface area contributed by atoms with Crippen molar-refractivity contribution in [2.45, 2.75) is 38.8 Å². The molecule has 3 rings (SSSR count). The van der Waals surface area contributed by atoms with Gasteiger partial charge in [0.15, 0.2) is 0 Å². The number of pyridine rings is 1. The van der Waals surface area contributed by atoms with E-state index in [0.29, 0.717) is 22.8 Å². The highest BCUT2D eigenvalue weighted by Gasteiger charge is 2.21. The maximum absolute atomic E-state index is 8.61. The van der Waals surface area contributed by atoms with Crippen LogP contribution in [0.4, 0.5) is 11.5 Å². The molecule has 0 atom stereocenters. The second kappa shape index (κ2) is 9.77. The fraction of sp³-hybridized carbons (Fsp3) is 0.400.